The maximum Gasteiger partial charge on any atom is 0.169 e. The Morgan fingerprint density at radius 2 is 2.31 bits per heavy atom. The third-order valence-corrected chi connectivity index (χ3v) is 3.77. The lowest BCUT2D eigenvalue weighted by Gasteiger charge is -2.12. The Kier molecular flexibility index (Phi) is 2.79. The Balaban J connectivity index is 2.16. The summed E-state index contributed by atoms with van der Waals surface area (Å²) in [5.41, 5.74) is 2.11. The molecule has 0 bridgehead atoms. The van der Waals surface area contributed by atoms with Gasteiger partial charge in [-0.2, -0.15) is 0 Å². The van der Waals surface area contributed by atoms with Crippen molar-refractivity contribution in [3.8, 4) is 0 Å². The van der Waals surface area contributed by atoms with Gasteiger partial charge in [0.2, 0.25) is 0 Å². The average molecular weight is 255 g/mol. The number of thioether (sulfide) groups is 1. The van der Waals surface area contributed by atoms with E-state index in [2.05, 4.69) is 9.55 Å². The molecule has 5 heteroatoms. The second-order valence-corrected chi connectivity index (χ2v) is 5.14. The molecule has 0 unspecified atom stereocenters. The number of hydrogen-bond acceptors (Lipinski definition) is 3. The summed E-state index contributed by atoms with van der Waals surface area (Å²) < 4.78 is 7.68. The molecular weight excluding hydrogens is 244 g/mol. The third-order valence-electron chi connectivity index (χ3n) is 2.59. The molecule has 16 heavy (non-hydrogen) atoms. The number of rotatable bonds is 0. The minimum Gasteiger partial charge on any atom is -0.379 e. The predicted molar refractivity (Wildman–Crippen MR) is 66.3 cm³/mol. The zero-order valence-electron chi connectivity index (χ0n) is 8.65. The maximum absolute atomic E-state index is 5.97. The molecule has 0 saturated carbocycles. The smallest absolute Gasteiger partial charge is 0.169 e. The van der Waals surface area contributed by atoms with Crippen molar-refractivity contribution < 1.29 is 4.74 Å². The van der Waals surface area contributed by atoms with Crippen LogP contribution >= 0.6 is 23.4 Å². The summed E-state index contributed by atoms with van der Waals surface area (Å²) in [5.74, 6) is 0.955. The van der Waals surface area contributed by atoms with Crippen LogP contribution in [-0.4, -0.2) is 28.5 Å². The molecule has 1 aromatic heterocycles. The fraction of sp³-hybridized carbons (Fsp3) is 0.364. The average Bonchev–Trinajstić information content (AvgIpc) is 2.55. The summed E-state index contributed by atoms with van der Waals surface area (Å²) in [4.78, 5) is 4.60. The van der Waals surface area contributed by atoms with Gasteiger partial charge >= 0.3 is 0 Å². The zero-order valence-corrected chi connectivity index (χ0v) is 10.2. The summed E-state index contributed by atoms with van der Waals surface area (Å²) >= 11 is 7.70. The SMILES string of the molecule is Clc1ccc2c(c1)nc1n2CCOCCS1. The topological polar surface area (TPSA) is 27.1 Å². The Morgan fingerprint density at radius 3 is 3.25 bits per heavy atom. The molecule has 0 saturated heterocycles. The Labute approximate surface area is 103 Å². The first-order valence-electron chi connectivity index (χ1n) is 5.21. The molecule has 1 aromatic carbocycles. The second kappa shape index (κ2) is 4.28. The van der Waals surface area contributed by atoms with Crippen LogP contribution in [0.4, 0.5) is 0 Å². The minimum atomic E-state index is 0.736. The summed E-state index contributed by atoms with van der Waals surface area (Å²) in [6.45, 7) is 2.41. The van der Waals surface area contributed by atoms with E-state index in [-0.39, 0.29) is 0 Å². The fourth-order valence-corrected chi connectivity index (χ4v) is 2.92. The van der Waals surface area contributed by atoms with Crippen LogP contribution in [0.2, 0.25) is 5.02 Å². The van der Waals surface area contributed by atoms with E-state index >= 15 is 0 Å². The van der Waals surface area contributed by atoms with Crippen LogP contribution in [0, 0.1) is 0 Å². The first-order chi connectivity index (χ1) is 7.84. The number of nitrogens with zero attached hydrogens (tertiary/aromatic N) is 2. The lowest BCUT2D eigenvalue weighted by atomic mass is 10.3. The number of benzene rings is 1. The highest BCUT2D eigenvalue weighted by Crippen LogP contribution is 2.26. The zero-order chi connectivity index (χ0) is 11.0. The molecule has 0 spiro atoms. The van der Waals surface area contributed by atoms with E-state index in [1.165, 1.54) is 0 Å². The van der Waals surface area contributed by atoms with Crippen LogP contribution in [0.1, 0.15) is 0 Å². The van der Waals surface area contributed by atoms with Crippen LogP contribution < -0.4 is 0 Å². The van der Waals surface area contributed by atoms with E-state index in [1.807, 2.05) is 18.2 Å². The number of hydrogen-bond donors (Lipinski definition) is 0. The Morgan fingerprint density at radius 1 is 1.38 bits per heavy atom. The number of fused-ring (bicyclic) bond motifs is 3. The van der Waals surface area contributed by atoms with Crippen LogP contribution in [0.15, 0.2) is 23.4 Å². The molecule has 3 nitrogen and oxygen atoms in total. The van der Waals surface area contributed by atoms with E-state index in [0.717, 1.165) is 46.7 Å². The third kappa shape index (κ3) is 1.81. The monoisotopic (exact) mass is 254 g/mol. The molecule has 0 N–H and O–H groups in total. The van der Waals surface area contributed by atoms with Crippen LogP contribution in [0.25, 0.3) is 11.0 Å². The summed E-state index contributed by atoms with van der Waals surface area (Å²) in [6.07, 6.45) is 0. The first kappa shape index (κ1) is 10.4. The van der Waals surface area contributed by atoms with Gasteiger partial charge in [-0.05, 0) is 18.2 Å². The van der Waals surface area contributed by atoms with E-state index in [4.69, 9.17) is 16.3 Å². The quantitative estimate of drug-likeness (QED) is 0.723. The summed E-state index contributed by atoms with van der Waals surface area (Å²) in [6, 6.07) is 5.84. The van der Waals surface area contributed by atoms with Gasteiger partial charge in [-0.25, -0.2) is 4.98 Å². The highest BCUT2D eigenvalue weighted by atomic mass is 35.5. The van der Waals surface area contributed by atoms with Crippen molar-refractivity contribution >= 4 is 34.4 Å². The van der Waals surface area contributed by atoms with Gasteiger partial charge in [0.25, 0.3) is 0 Å². The van der Waals surface area contributed by atoms with Gasteiger partial charge in [-0.15, -0.1) is 0 Å². The molecule has 0 atom stereocenters. The highest BCUT2D eigenvalue weighted by molar-refractivity contribution is 7.99. The van der Waals surface area contributed by atoms with Crippen molar-refractivity contribution in [1.82, 2.24) is 9.55 Å². The fourth-order valence-electron chi connectivity index (χ4n) is 1.86. The van der Waals surface area contributed by atoms with E-state index in [0.29, 0.717) is 0 Å². The normalized spacial score (nSPS) is 16.8. The van der Waals surface area contributed by atoms with Gasteiger partial charge in [0.15, 0.2) is 5.16 Å². The van der Waals surface area contributed by atoms with Crippen molar-refractivity contribution in [3.63, 3.8) is 0 Å². The lowest BCUT2D eigenvalue weighted by molar-refractivity contribution is 0.138. The molecule has 84 valence electrons. The van der Waals surface area contributed by atoms with Crippen molar-refractivity contribution in [3.05, 3.63) is 23.2 Å². The molecule has 2 aromatic rings. The van der Waals surface area contributed by atoms with Crippen molar-refractivity contribution in [2.75, 3.05) is 19.0 Å². The summed E-state index contributed by atoms with van der Waals surface area (Å²) in [5, 5.41) is 1.81. The van der Waals surface area contributed by atoms with Gasteiger partial charge < -0.3 is 9.30 Å². The van der Waals surface area contributed by atoms with E-state index in [9.17, 15) is 0 Å². The van der Waals surface area contributed by atoms with Gasteiger partial charge in [0, 0.05) is 17.3 Å². The Hall–Kier alpha value is -0.710. The maximum atomic E-state index is 5.97. The van der Waals surface area contributed by atoms with Crippen LogP contribution in [0.5, 0.6) is 0 Å². The number of ether oxygens (including phenoxy) is 1. The number of halogens is 1. The lowest BCUT2D eigenvalue weighted by Crippen LogP contribution is -2.12. The van der Waals surface area contributed by atoms with Crippen LogP contribution in [-0.2, 0) is 11.3 Å². The van der Waals surface area contributed by atoms with Gasteiger partial charge in [0.05, 0.1) is 24.2 Å². The molecule has 3 rings (SSSR count). The van der Waals surface area contributed by atoms with Gasteiger partial charge in [-0.1, -0.05) is 23.4 Å². The van der Waals surface area contributed by atoms with E-state index in [1.54, 1.807) is 11.8 Å². The molecule has 2 heterocycles. The number of imidazole rings is 1. The molecule has 0 amide bonds. The van der Waals surface area contributed by atoms with Gasteiger partial charge in [0.1, 0.15) is 0 Å². The largest absolute Gasteiger partial charge is 0.379 e. The molecular formula is C11H11ClN2OS. The standard InChI is InChI=1S/C11H11ClN2OS/c12-8-1-2-10-9(7-8)13-11-14(10)3-4-15-5-6-16-11/h1-2,7H,3-6H2. The molecule has 1 aliphatic heterocycles. The first-order valence-corrected chi connectivity index (χ1v) is 6.57. The minimum absolute atomic E-state index is 0.736. The predicted octanol–water partition coefficient (Wildman–Crippen LogP) is 2.81. The molecule has 0 aliphatic carbocycles. The van der Waals surface area contributed by atoms with Gasteiger partial charge in [-0.3, -0.25) is 0 Å². The van der Waals surface area contributed by atoms with Crippen molar-refractivity contribution in [1.29, 1.82) is 0 Å². The molecule has 1 aliphatic rings. The van der Waals surface area contributed by atoms with E-state index < -0.39 is 0 Å². The second-order valence-electron chi connectivity index (χ2n) is 3.64. The molecule has 0 radical (unpaired) electrons. The number of aromatic nitrogens is 2. The summed E-state index contributed by atoms with van der Waals surface area (Å²) in [7, 11) is 0. The van der Waals surface area contributed by atoms with Crippen molar-refractivity contribution in [2.45, 2.75) is 11.7 Å². The van der Waals surface area contributed by atoms with Crippen molar-refractivity contribution in [2.24, 2.45) is 0 Å². The highest BCUT2D eigenvalue weighted by Gasteiger charge is 2.13. The molecule has 0 fully saturated rings. The van der Waals surface area contributed by atoms with Crippen LogP contribution in [0.3, 0.4) is 0 Å². The Bertz CT molecular complexity index is 526.